The second-order valence-electron chi connectivity index (χ2n) is 3.11. The zero-order valence-electron chi connectivity index (χ0n) is 6.42. The van der Waals surface area contributed by atoms with Gasteiger partial charge in [-0.15, -0.1) is 0 Å². The van der Waals surface area contributed by atoms with Crippen LogP contribution in [0.2, 0.25) is 0 Å². The Kier molecular flexibility index (Phi) is 1.16. The van der Waals surface area contributed by atoms with E-state index in [-0.39, 0.29) is 11.2 Å². The summed E-state index contributed by atoms with van der Waals surface area (Å²) in [5.74, 6) is 0.252. The number of aromatic amines is 1. The third-order valence-electron chi connectivity index (χ3n) is 2.44. The average molecular weight is 150 g/mol. The number of H-pyrrole nitrogens is 1. The van der Waals surface area contributed by atoms with Crippen LogP contribution in [-0.2, 0) is 10.2 Å². The number of nitrogens with one attached hydrogen (secondary N) is 1. The fourth-order valence-electron chi connectivity index (χ4n) is 1.46. The molecule has 1 aliphatic carbocycles. The van der Waals surface area contributed by atoms with E-state index in [9.17, 15) is 4.79 Å². The predicted octanol–water partition coefficient (Wildman–Crippen LogP) is 1.03. The molecule has 2 rings (SSSR count). The molecule has 0 aliphatic heterocycles. The molecule has 1 fully saturated rings. The Labute approximate surface area is 64.8 Å². The Bertz CT molecular complexity index is 272. The number of aromatic nitrogens is 2. The predicted molar refractivity (Wildman–Crippen MR) is 40.2 cm³/mol. The van der Waals surface area contributed by atoms with Crippen LogP contribution >= 0.6 is 0 Å². The standard InChI is InChI=1S/C8H10N2O/c1-6(11)8(3-4-8)7-2-5-9-10-7/h2,5H,3-4H2,1H3,(H,9,10). The summed E-state index contributed by atoms with van der Waals surface area (Å²) in [6.07, 6.45) is 3.65. The molecule has 0 atom stereocenters. The largest absolute Gasteiger partial charge is 0.299 e. The normalized spacial score (nSPS) is 19.7. The Morgan fingerprint density at radius 3 is 2.82 bits per heavy atom. The van der Waals surface area contributed by atoms with E-state index >= 15 is 0 Å². The van der Waals surface area contributed by atoms with Crippen molar-refractivity contribution in [2.45, 2.75) is 25.2 Å². The molecule has 0 unspecified atom stereocenters. The summed E-state index contributed by atoms with van der Waals surface area (Å²) in [6, 6.07) is 1.88. The summed E-state index contributed by atoms with van der Waals surface area (Å²) in [6.45, 7) is 1.65. The minimum Gasteiger partial charge on any atom is -0.299 e. The number of ketones is 1. The maximum atomic E-state index is 11.2. The molecule has 0 amide bonds. The highest BCUT2D eigenvalue weighted by Gasteiger charge is 2.49. The zero-order chi connectivity index (χ0) is 7.90. The third-order valence-corrected chi connectivity index (χ3v) is 2.44. The molecule has 0 saturated heterocycles. The lowest BCUT2D eigenvalue weighted by Gasteiger charge is -2.06. The van der Waals surface area contributed by atoms with Gasteiger partial charge in [-0.3, -0.25) is 9.89 Å². The minimum atomic E-state index is -0.184. The smallest absolute Gasteiger partial charge is 0.141 e. The van der Waals surface area contributed by atoms with Crippen molar-refractivity contribution in [3.05, 3.63) is 18.0 Å². The van der Waals surface area contributed by atoms with Gasteiger partial charge < -0.3 is 0 Å². The van der Waals surface area contributed by atoms with E-state index in [1.165, 1.54) is 0 Å². The maximum absolute atomic E-state index is 11.2. The lowest BCUT2D eigenvalue weighted by molar-refractivity contribution is -0.119. The van der Waals surface area contributed by atoms with Crippen molar-refractivity contribution in [3.63, 3.8) is 0 Å². The number of Topliss-reactive ketones (excluding diaryl/α,β-unsaturated/α-hetero) is 1. The van der Waals surface area contributed by atoms with Gasteiger partial charge in [-0.2, -0.15) is 5.10 Å². The lowest BCUT2D eigenvalue weighted by Crippen LogP contribution is -2.17. The van der Waals surface area contributed by atoms with E-state index in [1.54, 1.807) is 13.1 Å². The van der Waals surface area contributed by atoms with Crippen molar-refractivity contribution >= 4 is 5.78 Å². The van der Waals surface area contributed by atoms with Crippen LogP contribution in [0.15, 0.2) is 12.3 Å². The van der Waals surface area contributed by atoms with Crippen LogP contribution in [0.3, 0.4) is 0 Å². The summed E-state index contributed by atoms with van der Waals surface area (Å²) in [7, 11) is 0. The van der Waals surface area contributed by atoms with Gasteiger partial charge in [-0.25, -0.2) is 0 Å². The summed E-state index contributed by atoms with van der Waals surface area (Å²) in [5.41, 5.74) is 0.793. The molecule has 11 heavy (non-hydrogen) atoms. The summed E-state index contributed by atoms with van der Waals surface area (Å²) < 4.78 is 0. The fraction of sp³-hybridized carbons (Fsp3) is 0.500. The monoisotopic (exact) mass is 150 g/mol. The van der Waals surface area contributed by atoms with Gasteiger partial charge in [0.1, 0.15) is 5.78 Å². The third kappa shape index (κ3) is 0.803. The topological polar surface area (TPSA) is 45.8 Å². The van der Waals surface area contributed by atoms with Crippen LogP contribution in [0.4, 0.5) is 0 Å². The molecule has 1 aromatic rings. The molecule has 1 aliphatic rings. The van der Waals surface area contributed by atoms with Gasteiger partial charge in [0.2, 0.25) is 0 Å². The second-order valence-corrected chi connectivity index (χ2v) is 3.11. The van der Waals surface area contributed by atoms with Crippen molar-refractivity contribution in [2.75, 3.05) is 0 Å². The van der Waals surface area contributed by atoms with Crippen LogP contribution < -0.4 is 0 Å². The van der Waals surface area contributed by atoms with Gasteiger partial charge in [0.15, 0.2) is 0 Å². The van der Waals surface area contributed by atoms with Crippen molar-refractivity contribution < 1.29 is 4.79 Å². The SMILES string of the molecule is CC(=O)C1(c2ccn[nH]2)CC1. The summed E-state index contributed by atoms with van der Waals surface area (Å²) in [5, 5.41) is 6.68. The Balaban J connectivity index is 2.36. The molecule has 1 aromatic heterocycles. The van der Waals surface area contributed by atoms with Gasteiger partial charge in [-0.1, -0.05) is 0 Å². The van der Waals surface area contributed by atoms with E-state index < -0.39 is 0 Å². The van der Waals surface area contributed by atoms with Crippen LogP contribution in [-0.4, -0.2) is 16.0 Å². The van der Waals surface area contributed by atoms with E-state index in [0.29, 0.717) is 0 Å². The molecule has 0 radical (unpaired) electrons. The first kappa shape index (κ1) is 6.58. The zero-order valence-corrected chi connectivity index (χ0v) is 6.42. The second kappa shape index (κ2) is 1.94. The van der Waals surface area contributed by atoms with Crippen molar-refractivity contribution in [2.24, 2.45) is 0 Å². The summed E-state index contributed by atoms with van der Waals surface area (Å²) >= 11 is 0. The first-order valence-corrected chi connectivity index (χ1v) is 3.77. The highest BCUT2D eigenvalue weighted by Crippen LogP contribution is 2.47. The first-order valence-electron chi connectivity index (χ1n) is 3.77. The van der Waals surface area contributed by atoms with Gasteiger partial charge in [0.25, 0.3) is 0 Å². The van der Waals surface area contributed by atoms with Crippen LogP contribution in [0.5, 0.6) is 0 Å². The average Bonchev–Trinajstić information content (AvgIpc) is 2.61. The molecule has 0 aromatic carbocycles. The number of rotatable bonds is 2. The van der Waals surface area contributed by atoms with Crippen molar-refractivity contribution in [1.29, 1.82) is 0 Å². The number of nitrogens with zero attached hydrogens (tertiary/aromatic N) is 1. The van der Waals surface area contributed by atoms with Crippen molar-refractivity contribution in [1.82, 2.24) is 10.2 Å². The molecule has 0 bridgehead atoms. The molecule has 0 spiro atoms. The van der Waals surface area contributed by atoms with E-state index in [1.807, 2.05) is 6.07 Å². The molecule has 1 N–H and O–H groups in total. The quantitative estimate of drug-likeness (QED) is 0.684. The number of carbonyl (C=O) groups is 1. The van der Waals surface area contributed by atoms with Crippen LogP contribution in [0.1, 0.15) is 25.5 Å². The molecule has 3 heteroatoms. The van der Waals surface area contributed by atoms with Gasteiger partial charge in [0, 0.05) is 11.9 Å². The minimum absolute atomic E-state index is 0.184. The molecule has 3 nitrogen and oxygen atoms in total. The molecular formula is C8H10N2O. The molecule has 58 valence electrons. The van der Waals surface area contributed by atoms with Crippen LogP contribution in [0.25, 0.3) is 0 Å². The van der Waals surface area contributed by atoms with Gasteiger partial charge >= 0.3 is 0 Å². The van der Waals surface area contributed by atoms with Gasteiger partial charge in [0.05, 0.1) is 5.41 Å². The Hall–Kier alpha value is -1.12. The Morgan fingerprint density at radius 1 is 1.73 bits per heavy atom. The summed E-state index contributed by atoms with van der Waals surface area (Å²) in [4.78, 5) is 11.2. The first-order chi connectivity index (χ1) is 5.26. The highest BCUT2D eigenvalue weighted by atomic mass is 16.1. The number of hydrogen-bond acceptors (Lipinski definition) is 2. The molecule has 1 heterocycles. The molecular weight excluding hydrogens is 140 g/mol. The van der Waals surface area contributed by atoms with E-state index in [4.69, 9.17) is 0 Å². The van der Waals surface area contributed by atoms with Gasteiger partial charge in [-0.05, 0) is 25.8 Å². The highest BCUT2D eigenvalue weighted by molar-refractivity contribution is 5.90. The molecule has 1 saturated carbocycles. The Morgan fingerprint density at radius 2 is 2.45 bits per heavy atom. The number of hydrogen-bond donors (Lipinski definition) is 1. The fourth-order valence-corrected chi connectivity index (χ4v) is 1.46. The van der Waals surface area contributed by atoms with Crippen LogP contribution in [0, 0.1) is 0 Å². The van der Waals surface area contributed by atoms with E-state index in [2.05, 4.69) is 10.2 Å². The number of carbonyl (C=O) groups excluding carboxylic acids is 1. The lowest BCUT2D eigenvalue weighted by atomic mass is 9.98. The van der Waals surface area contributed by atoms with E-state index in [0.717, 1.165) is 18.5 Å². The maximum Gasteiger partial charge on any atom is 0.141 e. The van der Waals surface area contributed by atoms with Crippen molar-refractivity contribution in [3.8, 4) is 0 Å².